The number of sulfonamides is 1. The number of morpholine rings is 1. The van der Waals surface area contributed by atoms with E-state index in [1.165, 1.54) is 4.90 Å². The van der Waals surface area contributed by atoms with Crippen LogP contribution in [0.5, 0.6) is 0 Å². The van der Waals surface area contributed by atoms with E-state index in [1.807, 2.05) is 40.9 Å². The Morgan fingerprint density at radius 2 is 1.60 bits per heavy atom. The van der Waals surface area contributed by atoms with Crippen molar-refractivity contribution in [3.05, 3.63) is 58.7 Å². The third-order valence-electron chi connectivity index (χ3n) is 6.00. The van der Waals surface area contributed by atoms with Crippen LogP contribution in [0.3, 0.4) is 0 Å². The minimum Gasteiger partial charge on any atom is -0.378 e. The SMILES string of the molecule is Cc1cc(C)c(S(=O)(=O)NC[C@@H](c2ccc(N(C)C)cc2)[NH+]2CCOCC2)cc1C. The van der Waals surface area contributed by atoms with Gasteiger partial charge in [-0.3, -0.25) is 0 Å². The first-order valence-corrected chi connectivity index (χ1v) is 11.9. The molecule has 1 aliphatic rings. The minimum absolute atomic E-state index is 0.0340. The molecule has 0 spiro atoms. The van der Waals surface area contributed by atoms with Crippen molar-refractivity contribution in [2.75, 3.05) is 51.8 Å². The first kappa shape index (κ1) is 22.7. The Balaban J connectivity index is 1.85. The van der Waals surface area contributed by atoms with E-state index in [2.05, 4.69) is 33.9 Å². The first-order valence-electron chi connectivity index (χ1n) is 10.5. The molecule has 0 amide bonds. The van der Waals surface area contributed by atoms with Gasteiger partial charge in [0.25, 0.3) is 0 Å². The number of nitrogens with zero attached hydrogens (tertiary/aromatic N) is 1. The molecule has 6 nitrogen and oxygen atoms in total. The molecule has 1 heterocycles. The second kappa shape index (κ2) is 9.47. The zero-order valence-corrected chi connectivity index (χ0v) is 19.5. The van der Waals surface area contributed by atoms with Gasteiger partial charge in [0.1, 0.15) is 19.1 Å². The topological polar surface area (TPSA) is 63.1 Å². The summed E-state index contributed by atoms with van der Waals surface area (Å²) in [5.74, 6) is 0. The molecule has 164 valence electrons. The quantitative estimate of drug-likeness (QED) is 0.698. The molecule has 0 radical (unpaired) electrons. The molecule has 0 unspecified atom stereocenters. The van der Waals surface area contributed by atoms with E-state index in [4.69, 9.17) is 4.74 Å². The van der Waals surface area contributed by atoms with Gasteiger partial charge in [-0.2, -0.15) is 0 Å². The molecule has 0 aliphatic carbocycles. The Kier molecular flexibility index (Phi) is 7.18. The van der Waals surface area contributed by atoms with Gasteiger partial charge in [-0.15, -0.1) is 0 Å². The first-order chi connectivity index (χ1) is 14.2. The van der Waals surface area contributed by atoms with Crippen LogP contribution < -0.4 is 14.5 Å². The fourth-order valence-electron chi connectivity index (χ4n) is 3.98. The van der Waals surface area contributed by atoms with Crippen LogP contribution in [0, 0.1) is 20.8 Å². The number of hydrogen-bond acceptors (Lipinski definition) is 4. The highest BCUT2D eigenvalue weighted by Gasteiger charge is 2.29. The van der Waals surface area contributed by atoms with E-state index in [0.29, 0.717) is 24.7 Å². The molecule has 1 aliphatic heterocycles. The summed E-state index contributed by atoms with van der Waals surface area (Å²) < 4.78 is 34.7. The monoisotopic (exact) mass is 432 g/mol. The van der Waals surface area contributed by atoms with Crippen LogP contribution in [0.15, 0.2) is 41.3 Å². The number of quaternary nitrogens is 1. The van der Waals surface area contributed by atoms with Crippen molar-refractivity contribution in [3.8, 4) is 0 Å². The Hall–Kier alpha value is -1.93. The van der Waals surface area contributed by atoms with Gasteiger partial charge in [-0.1, -0.05) is 18.2 Å². The molecular formula is C23H34N3O3S+. The van der Waals surface area contributed by atoms with Crippen LogP contribution in [-0.4, -0.2) is 55.4 Å². The second-order valence-electron chi connectivity index (χ2n) is 8.36. The maximum atomic E-state index is 13.1. The lowest BCUT2D eigenvalue weighted by Crippen LogP contribution is -3.15. The molecule has 3 rings (SSSR count). The van der Waals surface area contributed by atoms with Crippen LogP contribution in [0.4, 0.5) is 5.69 Å². The molecule has 1 atom stereocenters. The molecule has 7 heteroatoms. The Morgan fingerprint density at radius 1 is 1.00 bits per heavy atom. The predicted molar refractivity (Wildman–Crippen MR) is 121 cm³/mol. The van der Waals surface area contributed by atoms with Gasteiger partial charge in [0, 0.05) is 25.3 Å². The molecule has 2 aromatic carbocycles. The Labute approximate surface area is 180 Å². The van der Waals surface area contributed by atoms with Gasteiger partial charge in [-0.05, 0) is 55.7 Å². The number of rotatable bonds is 7. The van der Waals surface area contributed by atoms with Crippen molar-refractivity contribution in [1.29, 1.82) is 0 Å². The normalized spacial score (nSPS) is 16.4. The lowest BCUT2D eigenvalue weighted by Gasteiger charge is -2.32. The van der Waals surface area contributed by atoms with Crippen LogP contribution in [0.1, 0.15) is 28.3 Å². The molecule has 2 N–H and O–H groups in total. The summed E-state index contributed by atoms with van der Waals surface area (Å²) in [6.45, 7) is 9.28. The molecule has 1 fully saturated rings. The van der Waals surface area contributed by atoms with Gasteiger partial charge in [0.2, 0.25) is 10.0 Å². The summed E-state index contributed by atoms with van der Waals surface area (Å²) in [5.41, 5.74) is 5.12. The third kappa shape index (κ3) is 5.21. The highest BCUT2D eigenvalue weighted by molar-refractivity contribution is 7.89. The number of benzene rings is 2. The number of hydrogen-bond donors (Lipinski definition) is 2. The average Bonchev–Trinajstić information content (AvgIpc) is 2.72. The largest absolute Gasteiger partial charge is 0.378 e. The summed E-state index contributed by atoms with van der Waals surface area (Å²) in [4.78, 5) is 3.77. The molecule has 1 saturated heterocycles. The van der Waals surface area contributed by atoms with Crippen LogP contribution in [-0.2, 0) is 14.8 Å². The molecule has 0 aromatic heterocycles. The van der Waals surface area contributed by atoms with E-state index in [0.717, 1.165) is 41.0 Å². The molecule has 2 aromatic rings. The van der Waals surface area contributed by atoms with Crippen molar-refractivity contribution in [3.63, 3.8) is 0 Å². The fourth-order valence-corrected chi connectivity index (χ4v) is 5.34. The van der Waals surface area contributed by atoms with Crippen LogP contribution >= 0.6 is 0 Å². The zero-order valence-electron chi connectivity index (χ0n) is 18.7. The van der Waals surface area contributed by atoms with E-state index in [1.54, 1.807) is 6.07 Å². The average molecular weight is 433 g/mol. The van der Waals surface area contributed by atoms with E-state index < -0.39 is 10.0 Å². The summed E-state index contributed by atoms with van der Waals surface area (Å²) >= 11 is 0. The van der Waals surface area contributed by atoms with Crippen LogP contribution in [0.25, 0.3) is 0 Å². The smallest absolute Gasteiger partial charge is 0.241 e. The highest BCUT2D eigenvalue weighted by Crippen LogP contribution is 2.21. The van der Waals surface area contributed by atoms with Crippen molar-refractivity contribution in [2.45, 2.75) is 31.7 Å². The fraction of sp³-hybridized carbons (Fsp3) is 0.478. The van der Waals surface area contributed by atoms with Crippen molar-refractivity contribution in [2.24, 2.45) is 0 Å². The van der Waals surface area contributed by atoms with Gasteiger partial charge in [0.15, 0.2) is 0 Å². The maximum absolute atomic E-state index is 13.1. The Bertz CT molecular complexity index is 966. The molecule has 0 bridgehead atoms. The lowest BCUT2D eigenvalue weighted by atomic mass is 10.0. The number of aryl methyl sites for hydroxylation is 3. The van der Waals surface area contributed by atoms with Crippen molar-refractivity contribution < 1.29 is 18.1 Å². The highest BCUT2D eigenvalue weighted by atomic mass is 32.2. The summed E-state index contributed by atoms with van der Waals surface area (Å²) in [7, 11) is 0.431. The third-order valence-corrected chi connectivity index (χ3v) is 7.56. The van der Waals surface area contributed by atoms with Crippen LogP contribution in [0.2, 0.25) is 0 Å². The standard InChI is InChI=1S/C23H33N3O3S/c1-17-14-19(3)23(15-18(17)2)30(27,28)24-16-22(26-10-12-29-13-11-26)20-6-8-21(9-7-20)25(4)5/h6-9,14-15,22,24H,10-13,16H2,1-5H3/p+1/t22-/m0/s1. The summed E-state index contributed by atoms with van der Waals surface area (Å²) in [6, 6.07) is 12.1. The van der Waals surface area contributed by atoms with Gasteiger partial charge < -0.3 is 14.5 Å². The predicted octanol–water partition coefficient (Wildman–Crippen LogP) is 1.61. The van der Waals surface area contributed by atoms with Crippen molar-refractivity contribution >= 4 is 15.7 Å². The molecule has 30 heavy (non-hydrogen) atoms. The number of ether oxygens (including phenoxy) is 1. The zero-order chi connectivity index (χ0) is 21.9. The maximum Gasteiger partial charge on any atom is 0.241 e. The van der Waals surface area contributed by atoms with E-state index in [9.17, 15) is 8.42 Å². The summed E-state index contributed by atoms with van der Waals surface area (Å²) in [6.07, 6.45) is 0. The van der Waals surface area contributed by atoms with Gasteiger partial charge >= 0.3 is 0 Å². The Morgan fingerprint density at radius 3 is 2.20 bits per heavy atom. The van der Waals surface area contributed by atoms with Gasteiger partial charge in [-0.25, -0.2) is 13.1 Å². The summed E-state index contributed by atoms with van der Waals surface area (Å²) in [5, 5.41) is 0. The minimum atomic E-state index is -3.60. The van der Waals surface area contributed by atoms with Crippen molar-refractivity contribution in [1.82, 2.24) is 4.72 Å². The second-order valence-corrected chi connectivity index (χ2v) is 10.1. The van der Waals surface area contributed by atoms with E-state index >= 15 is 0 Å². The number of anilines is 1. The number of nitrogens with one attached hydrogen (secondary N) is 2. The molecule has 0 saturated carbocycles. The van der Waals surface area contributed by atoms with Gasteiger partial charge in [0.05, 0.1) is 24.7 Å². The lowest BCUT2D eigenvalue weighted by molar-refractivity contribution is -0.937. The molecular weight excluding hydrogens is 398 g/mol. The van der Waals surface area contributed by atoms with E-state index in [-0.39, 0.29) is 6.04 Å².